The second-order valence-electron chi connectivity index (χ2n) is 7.10. The van der Waals surface area contributed by atoms with Crippen molar-refractivity contribution in [2.45, 2.75) is 16.3 Å². The van der Waals surface area contributed by atoms with Crippen LogP contribution in [-0.2, 0) is 0 Å². The van der Waals surface area contributed by atoms with Crippen LogP contribution >= 0.6 is 11.8 Å². The van der Waals surface area contributed by atoms with Gasteiger partial charge in [-0.1, -0.05) is 30.0 Å². The van der Waals surface area contributed by atoms with Gasteiger partial charge in [0.05, 0.1) is 12.7 Å². The number of rotatable bonds is 5. The molecule has 1 amide bonds. The Morgan fingerprint density at radius 3 is 2.50 bits per heavy atom. The highest BCUT2D eigenvalue weighted by Crippen LogP contribution is 2.29. The smallest absolute Gasteiger partial charge is 0.256 e. The lowest BCUT2D eigenvalue weighted by Crippen LogP contribution is -2.35. The summed E-state index contributed by atoms with van der Waals surface area (Å²) in [6.07, 6.45) is 2.68. The van der Waals surface area contributed by atoms with Crippen LogP contribution in [0.2, 0.25) is 0 Å². The largest absolute Gasteiger partial charge is 0.497 e. The molecule has 6 heteroatoms. The van der Waals surface area contributed by atoms with Gasteiger partial charge in [0.15, 0.2) is 0 Å². The average Bonchev–Trinajstić information content (AvgIpc) is 3.06. The van der Waals surface area contributed by atoms with Gasteiger partial charge in [0, 0.05) is 43.0 Å². The molecule has 3 aromatic rings. The number of hydrogen-bond acceptors (Lipinski definition) is 5. The number of nitrogens with zero attached hydrogens (tertiary/aromatic N) is 3. The summed E-state index contributed by atoms with van der Waals surface area (Å²) < 4.78 is 5.25. The Hall–Kier alpha value is -2.99. The van der Waals surface area contributed by atoms with Crippen molar-refractivity contribution in [2.75, 3.05) is 38.2 Å². The predicted molar refractivity (Wildman–Crippen MR) is 121 cm³/mol. The maximum Gasteiger partial charge on any atom is 0.256 e. The first-order chi connectivity index (χ1) is 14.7. The van der Waals surface area contributed by atoms with E-state index in [1.807, 2.05) is 59.5 Å². The quantitative estimate of drug-likeness (QED) is 0.605. The second kappa shape index (κ2) is 9.67. The number of carbonyl (C=O) groups is 1. The fourth-order valence-electron chi connectivity index (χ4n) is 3.58. The topological polar surface area (TPSA) is 45.7 Å². The van der Waals surface area contributed by atoms with E-state index in [9.17, 15) is 4.79 Å². The highest BCUT2D eigenvalue weighted by Gasteiger charge is 2.23. The zero-order valence-corrected chi connectivity index (χ0v) is 17.8. The highest BCUT2D eigenvalue weighted by molar-refractivity contribution is 7.99. The third-order valence-electron chi connectivity index (χ3n) is 5.18. The van der Waals surface area contributed by atoms with Crippen molar-refractivity contribution < 1.29 is 9.53 Å². The Labute approximate surface area is 181 Å². The molecular formula is C24H25N3O2S. The van der Waals surface area contributed by atoms with Crippen LogP contribution in [0.1, 0.15) is 16.8 Å². The molecule has 1 aliphatic rings. The molecule has 1 aromatic heterocycles. The number of amides is 1. The Morgan fingerprint density at radius 1 is 0.933 bits per heavy atom. The van der Waals surface area contributed by atoms with Crippen molar-refractivity contribution in [1.29, 1.82) is 0 Å². The van der Waals surface area contributed by atoms with Gasteiger partial charge in [0.1, 0.15) is 10.8 Å². The number of benzene rings is 2. The number of methoxy groups -OCH3 is 1. The van der Waals surface area contributed by atoms with Crippen LogP contribution in [0, 0.1) is 0 Å². The van der Waals surface area contributed by atoms with Crippen LogP contribution in [0.5, 0.6) is 5.75 Å². The molecule has 1 saturated heterocycles. The van der Waals surface area contributed by atoms with Crippen molar-refractivity contribution >= 4 is 23.4 Å². The van der Waals surface area contributed by atoms with Gasteiger partial charge in [-0.3, -0.25) is 4.79 Å². The number of anilines is 1. The van der Waals surface area contributed by atoms with E-state index in [1.54, 1.807) is 13.3 Å². The van der Waals surface area contributed by atoms with Crippen molar-refractivity contribution in [3.63, 3.8) is 0 Å². The normalized spacial score (nSPS) is 14.3. The van der Waals surface area contributed by atoms with Gasteiger partial charge < -0.3 is 14.5 Å². The van der Waals surface area contributed by atoms with E-state index in [0.717, 1.165) is 47.4 Å². The van der Waals surface area contributed by atoms with Crippen LogP contribution < -0.4 is 9.64 Å². The summed E-state index contributed by atoms with van der Waals surface area (Å²) in [4.78, 5) is 23.2. The van der Waals surface area contributed by atoms with E-state index >= 15 is 0 Å². The molecular weight excluding hydrogens is 394 g/mol. The van der Waals surface area contributed by atoms with Crippen LogP contribution in [0.4, 0.5) is 5.69 Å². The predicted octanol–water partition coefficient (Wildman–Crippen LogP) is 4.59. The molecule has 5 nitrogen and oxygen atoms in total. The molecule has 0 bridgehead atoms. The highest BCUT2D eigenvalue weighted by atomic mass is 32.2. The lowest BCUT2D eigenvalue weighted by Gasteiger charge is -2.24. The van der Waals surface area contributed by atoms with Crippen molar-refractivity contribution in [2.24, 2.45) is 0 Å². The molecule has 2 heterocycles. The molecule has 4 rings (SSSR count). The Bertz CT molecular complexity index is 979. The van der Waals surface area contributed by atoms with Gasteiger partial charge in [-0.15, -0.1) is 0 Å². The lowest BCUT2D eigenvalue weighted by molar-refractivity contribution is 0.0762. The number of hydrogen-bond donors (Lipinski definition) is 0. The van der Waals surface area contributed by atoms with E-state index in [4.69, 9.17) is 4.74 Å². The molecule has 0 radical (unpaired) electrons. The molecule has 0 spiro atoms. The fourth-order valence-corrected chi connectivity index (χ4v) is 4.47. The Morgan fingerprint density at radius 2 is 1.73 bits per heavy atom. The summed E-state index contributed by atoms with van der Waals surface area (Å²) in [7, 11) is 1.67. The van der Waals surface area contributed by atoms with Crippen LogP contribution in [0.25, 0.3) is 0 Å². The molecule has 0 saturated carbocycles. The van der Waals surface area contributed by atoms with E-state index < -0.39 is 0 Å². The van der Waals surface area contributed by atoms with Crippen LogP contribution in [0.3, 0.4) is 0 Å². The number of ether oxygens (including phenoxy) is 1. The van der Waals surface area contributed by atoms with Gasteiger partial charge in [-0.25, -0.2) is 4.98 Å². The summed E-state index contributed by atoms with van der Waals surface area (Å²) in [6.45, 7) is 3.17. The first-order valence-electron chi connectivity index (χ1n) is 10.1. The summed E-state index contributed by atoms with van der Waals surface area (Å²) in [5.41, 5.74) is 1.83. The number of pyridine rings is 1. The molecule has 0 atom stereocenters. The Balaban J connectivity index is 1.46. The van der Waals surface area contributed by atoms with Crippen molar-refractivity contribution in [3.05, 3.63) is 78.5 Å². The van der Waals surface area contributed by atoms with E-state index in [1.165, 1.54) is 11.8 Å². The van der Waals surface area contributed by atoms with Crippen LogP contribution in [-0.4, -0.2) is 49.1 Å². The zero-order chi connectivity index (χ0) is 20.8. The number of aromatic nitrogens is 1. The lowest BCUT2D eigenvalue weighted by atomic mass is 10.2. The average molecular weight is 420 g/mol. The summed E-state index contributed by atoms with van der Waals surface area (Å²) in [6, 6.07) is 21.9. The minimum atomic E-state index is 0.0538. The molecule has 1 aliphatic heterocycles. The molecule has 0 unspecified atom stereocenters. The standard InChI is InChI=1S/C24H25N3O2S/c1-29-20-12-10-19(11-13-20)26-15-6-16-27(18-17-26)24(28)22-9-5-14-25-23(22)30-21-7-3-2-4-8-21/h2-5,7-14H,6,15-18H2,1H3. The first-order valence-corrected chi connectivity index (χ1v) is 10.9. The first kappa shape index (κ1) is 20.3. The molecule has 1 fully saturated rings. The molecule has 30 heavy (non-hydrogen) atoms. The minimum absolute atomic E-state index is 0.0538. The monoisotopic (exact) mass is 419 g/mol. The van der Waals surface area contributed by atoms with Crippen molar-refractivity contribution in [1.82, 2.24) is 9.88 Å². The summed E-state index contributed by atoms with van der Waals surface area (Å²) >= 11 is 1.53. The molecule has 0 aliphatic carbocycles. The zero-order valence-electron chi connectivity index (χ0n) is 17.0. The van der Waals surface area contributed by atoms with Gasteiger partial charge in [-0.2, -0.15) is 0 Å². The van der Waals surface area contributed by atoms with E-state index in [0.29, 0.717) is 12.1 Å². The Kier molecular flexibility index (Phi) is 6.54. The van der Waals surface area contributed by atoms with Gasteiger partial charge in [-0.05, 0) is 55.0 Å². The summed E-state index contributed by atoms with van der Waals surface area (Å²) in [5, 5.41) is 0.755. The molecule has 0 N–H and O–H groups in total. The van der Waals surface area contributed by atoms with Gasteiger partial charge in [0.25, 0.3) is 5.91 Å². The third-order valence-corrected chi connectivity index (χ3v) is 6.21. The number of carbonyl (C=O) groups excluding carboxylic acids is 1. The minimum Gasteiger partial charge on any atom is -0.497 e. The SMILES string of the molecule is COc1ccc(N2CCCN(C(=O)c3cccnc3Sc3ccccc3)CC2)cc1. The maximum absolute atomic E-state index is 13.3. The van der Waals surface area contributed by atoms with Gasteiger partial charge >= 0.3 is 0 Å². The molecule has 2 aromatic carbocycles. The van der Waals surface area contributed by atoms with Crippen LogP contribution in [0.15, 0.2) is 82.8 Å². The maximum atomic E-state index is 13.3. The van der Waals surface area contributed by atoms with Crippen molar-refractivity contribution in [3.8, 4) is 5.75 Å². The third kappa shape index (κ3) is 4.76. The van der Waals surface area contributed by atoms with E-state index in [2.05, 4.69) is 22.0 Å². The second-order valence-corrected chi connectivity index (χ2v) is 8.16. The molecule has 154 valence electrons. The summed E-state index contributed by atoms with van der Waals surface area (Å²) in [5.74, 6) is 0.906. The van der Waals surface area contributed by atoms with Gasteiger partial charge in [0.2, 0.25) is 0 Å². The fraction of sp³-hybridized carbons (Fsp3) is 0.250. The van der Waals surface area contributed by atoms with E-state index in [-0.39, 0.29) is 5.91 Å².